The lowest BCUT2D eigenvalue weighted by Crippen LogP contribution is -2.51. The molecule has 11 heavy (non-hydrogen) atoms. The van der Waals surface area contributed by atoms with E-state index in [9.17, 15) is 4.79 Å². The number of amides is 1. The second kappa shape index (κ2) is 3.93. The van der Waals surface area contributed by atoms with Gasteiger partial charge in [0.15, 0.2) is 0 Å². The summed E-state index contributed by atoms with van der Waals surface area (Å²) in [4.78, 5) is 12.6. The highest BCUT2D eigenvalue weighted by molar-refractivity contribution is 6.62. The maximum Gasteiger partial charge on any atom is 0.316 e. The number of carbonyl (C=O) groups is 1. The van der Waals surface area contributed by atoms with Gasteiger partial charge in [-0.25, -0.2) is 0 Å². The molecule has 0 unspecified atom stereocenters. The van der Waals surface area contributed by atoms with Crippen molar-refractivity contribution in [3.05, 3.63) is 0 Å². The minimum atomic E-state index is -0.321. The van der Waals surface area contributed by atoms with E-state index < -0.39 is 0 Å². The maximum atomic E-state index is 10.8. The molecular formula is C7H13ClN2O. The quantitative estimate of drug-likeness (QED) is 0.478. The van der Waals surface area contributed by atoms with E-state index >= 15 is 0 Å². The number of halogens is 1. The molecule has 1 N–H and O–H groups in total. The van der Waals surface area contributed by atoms with Gasteiger partial charge in [0.25, 0.3) is 0 Å². The van der Waals surface area contributed by atoms with E-state index in [0.717, 1.165) is 26.1 Å². The minimum absolute atomic E-state index is 0.286. The third-order valence-corrected chi connectivity index (χ3v) is 2.26. The number of nitrogens with zero attached hydrogens (tertiary/aromatic N) is 1. The predicted molar refractivity (Wildman–Crippen MR) is 44.9 cm³/mol. The lowest BCUT2D eigenvalue weighted by molar-refractivity contribution is 0.177. The van der Waals surface area contributed by atoms with Gasteiger partial charge in [-0.05, 0) is 18.0 Å². The Bertz CT molecular complexity index is 151. The molecule has 0 aromatic carbocycles. The Morgan fingerprint density at radius 3 is 3.00 bits per heavy atom. The van der Waals surface area contributed by atoms with Crippen LogP contribution in [-0.4, -0.2) is 35.9 Å². The number of rotatable bonds is 1. The Morgan fingerprint density at radius 2 is 2.55 bits per heavy atom. The zero-order chi connectivity index (χ0) is 8.27. The lowest BCUT2D eigenvalue weighted by Gasteiger charge is -2.33. The first kappa shape index (κ1) is 8.81. The summed E-state index contributed by atoms with van der Waals surface area (Å²) in [6.07, 6.45) is 0.964. The highest BCUT2D eigenvalue weighted by atomic mass is 35.5. The molecule has 1 aliphatic rings. The van der Waals surface area contributed by atoms with Crippen LogP contribution in [0.5, 0.6) is 0 Å². The molecule has 0 saturated carbocycles. The van der Waals surface area contributed by atoms with Crippen LogP contribution in [0.2, 0.25) is 0 Å². The molecule has 1 rings (SSSR count). The van der Waals surface area contributed by atoms with Gasteiger partial charge in [-0.3, -0.25) is 4.79 Å². The molecule has 0 aliphatic carbocycles. The van der Waals surface area contributed by atoms with E-state index in [1.54, 1.807) is 4.90 Å². The molecule has 4 heteroatoms. The number of nitrogens with one attached hydrogen (secondary N) is 1. The summed E-state index contributed by atoms with van der Waals surface area (Å²) in [5.74, 6) is 0. The molecule has 1 atom stereocenters. The fourth-order valence-electron chi connectivity index (χ4n) is 1.36. The van der Waals surface area contributed by atoms with Gasteiger partial charge in [0, 0.05) is 25.7 Å². The Kier molecular flexibility index (Phi) is 3.15. The Morgan fingerprint density at radius 1 is 1.82 bits per heavy atom. The number of hydrogen-bond acceptors (Lipinski definition) is 2. The molecule has 1 heterocycles. The van der Waals surface area contributed by atoms with Gasteiger partial charge < -0.3 is 10.2 Å². The van der Waals surface area contributed by atoms with Crippen LogP contribution in [0.4, 0.5) is 4.79 Å². The van der Waals surface area contributed by atoms with Crippen molar-refractivity contribution in [3.63, 3.8) is 0 Å². The van der Waals surface area contributed by atoms with Crippen LogP contribution in [0.1, 0.15) is 13.3 Å². The fraction of sp³-hybridized carbons (Fsp3) is 0.857. The SMILES string of the molecule is CC[C@@H]1CNCCN1C(=O)Cl. The van der Waals surface area contributed by atoms with Crippen molar-refractivity contribution < 1.29 is 4.79 Å². The standard InChI is InChI=1S/C7H13ClN2O/c1-2-6-5-9-3-4-10(6)7(8)11/h6,9H,2-5H2,1H3/t6-/m1/s1. The van der Waals surface area contributed by atoms with Crippen molar-refractivity contribution >= 4 is 17.0 Å². The van der Waals surface area contributed by atoms with Crippen molar-refractivity contribution in [1.82, 2.24) is 10.2 Å². The Balaban J connectivity index is 2.51. The van der Waals surface area contributed by atoms with Crippen molar-refractivity contribution in [2.75, 3.05) is 19.6 Å². The largest absolute Gasteiger partial charge is 0.324 e. The molecule has 1 amide bonds. The summed E-state index contributed by atoms with van der Waals surface area (Å²) in [5.41, 5.74) is 0. The molecular weight excluding hydrogens is 164 g/mol. The summed E-state index contributed by atoms with van der Waals surface area (Å²) in [7, 11) is 0. The predicted octanol–water partition coefficient (Wildman–Crippen LogP) is 1.03. The van der Waals surface area contributed by atoms with Gasteiger partial charge in [0.05, 0.1) is 0 Å². The molecule has 1 saturated heterocycles. The summed E-state index contributed by atoms with van der Waals surface area (Å²) in [6, 6.07) is 0.286. The number of hydrogen-bond donors (Lipinski definition) is 1. The van der Waals surface area contributed by atoms with E-state index in [2.05, 4.69) is 12.2 Å². The molecule has 1 fully saturated rings. The van der Waals surface area contributed by atoms with Gasteiger partial charge in [-0.15, -0.1) is 0 Å². The van der Waals surface area contributed by atoms with Crippen LogP contribution in [0.15, 0.2) is 0 Å². The van der Waals surface area contributed by atoms with Gasteiger partial charge >= 0.3 is 5.37 Å². The molecule has 0 aromatic heterocycles. The average molecular weight is 177 g/mol. The summed E-state index contributed by atoms with van der Waals surface area (Å²) < 4.78 is 0. The van der Waals surface area contributed by atoms with E-state index in [1.807, 2.05) is 0 Å². The number of carbonyl (C=O) groups excluding carboxylic acids is 1. The summed E-state index contributed by atoms with van der Waals surface area (Å²) in [5, 5.41) is 2.90. The van der Waals surface area contributed by atoms with Crippen LogP contribution in [-0.2, 0) is 0 Å². The topological polar surface area (TPSA) is 32.3 Å². The smallest absolute Gasteiger partial charge is 0.316 e. The third-order valence-electron chi connectivity index (χ3n) is 2.05. The van der Waals surface area contributed by atoms with Crippen LogP contribution in [0, 0.1) is 0 Å². The van der Waals surface area contributed by atoms with E-state index in [-0.39, 0.29) is 11.4 Å². The first-order valence-corrected chi connectivity index (χ1v) is 4.30. The highest BCUT2D eigenvalue weighted by Crippen LogP contribution is 2.09. The first-order valence-electron chi connectivity index (χ1n) is 3.92. The Labute approximate surface area is 71.7 Å². The normalized spacial score (nSPS) is 25.3. The highest BCUT2D eigenvalue weighted by Gasteiger charge is 2.23. The van der Waals surface area contributed by atoms with Crippen LogP contribution >= 0.6 is 11.6 Å². The first-order chi connectivity index (χ1) is 5.25. The molecule has 1 aliphatic heterocycles. The second-order valence-electron chi connectivity index (χ2n) is 2.71. The summed E-state index contributed by atoms with van der Waals surface area (Å²) >= 11 is 5.39. The monoisotopic (exact) mass is 176 g/mol. The zero-order valence-corrected chi connectivity index (χ0v) is 7.40. The van der Waals surface area contributed by atoms with Gasteiger partial charge in [0.1, 0.15) is 0 Å². The van der Waals surface area contributed by atoms with Crippen molar-refractivity contribution in [3.8, 4) is 0 Å². The van der Waals surface area contributed by atoms with Crippen LogP contribution in [0.3, 0.4) is 0 Å². The lowest BCUT2D eigenvalue weighted by atomic mass is 10.1. The van der Waals surface area contributed by atoms with Crippen LogP contribution < -0.4 is 5.32 Å². The average Bonchev–Trinajstić information content (AvgIpc) is 2.04. The number of piperazine rings is 1. The minimum Gasteiger partial charge on any atom is -0.324 e. The van der Waals surface area contributed by atoms with Gasteiger partial charge in [-0.2, -0.15) is 0 Å². The van der Waals surface area contributed by atoms with Crippen molar-refractivity contribution in [1.29, 1.82) is 0 Å². The van der Waals surface area contributed by atoms with Crippen LogP contribution in [0.25, 0.3) is 0 Å². The molecule has 3 nitrogen and oxygen atoms in total. The molecule has 0 bridgehead atoms. The van der Waals surface area contributed by atoms with Crippen molar-refractivity contribution in [2.45, 2.75) is 19.4 Å². The third kappa shape index (κ3) is 2.07. The van der Waals surface area contributed by atoms with Crippen molar-refractivity contribution in [2.24, 2.45) is 0 Å². The molecule has 0 aromatic rings. The van der Waals surface area contributed by atoms with Gasteiger partial charge in [-0.1, -0.05) is 6.92 Å². The second-order valence-corrected chi connectivity index (χ2v) is 3.04. The maximum absolute atomic E-state index is 10.8. The van der Waals surface area contributed by atoms with E-state index in [4.69, 9.17) is 11.6 Å². The zero-order valence-electron chi connectivity index (χ0n) is 6.64. The van der Waals surface area contributed by atoms with E-state index in [0.29, 0.717) is 0 Å². The molecule has 64 valence electrons. The summed E-state index contributed by atoms with van der Waals surface area (Å²) in [6.45, 7) is 4.52. The molecule has 0 spiro atoms. The molecule has 0 radical (unpaired) electrons. The van der Waals surface area contributed by atoms with E-state index in [1.165, 1.54) is 0 Å². The Hall–Kier alpha value is -0.280. The van der Waals surface area contributed by atoms with Gasteiger partial charge in [0.2, 0.25) is 0 Å². The fourth-order valence-corrected chi connectivity index (χ4v) is 1.58.